The van der Waals surface area contributed by atoms with Crippen molar-refractivity contribution in [3.63, 3.8) is 0 Å². The second-order valence-corrected chi connectivity index (χ2v) is 5.79. The van der Waals surface area contributed by atoms with Gasteiger partial charge in [-0.25, -0.2) is 0 Å². The van der Waals surface area contributed by atoms with Crippen LogP contribution in [-0.4, -0.2) is 0 Å². The van der Waals surface area contributed by atoms with E-state index >= 15 is 0 Å². The average Bonchev–Trinajstić information content (AvgIpc) is 2.90. The second kappa shape index (κ2) is 3.71. The number of hydrogen-bond donors (Lipinski definition) is 0. The van der Waals surface area contributed by atoms with Crippen LogP contribution in [0.1, 0.15) is 36.3 Å². The third kappa shape index (κ3) is 1.26. The van der Waals surface area contributed by atoms with E-state index in [2.05, 4.69) is 60.7 Å². The van der Waals surface area contributed by atoms with Gasteiger partial charge in [0.2, 0.25) is 0 Å². The highest BCUT2D eigenvalue weighted by atomic mass is 14.7. The summed E-state index contributed by atoms with van der Waals surface area (Å²) >= 11 is 0. The third-order valence-corrected chi connectivity index (χ3v) is 5.09. The van der Waals surface area contributed by atoms with Crippen molar-refractivity contribution in [1.29, 1.82) is 0 Å². The molecule has 3 unspecified atom stereocenters. The van der Waals surface area contributed by atoms with Gasteiger partial charge in [-0.05, 0) is 35.8 Å². The SMILES string of the molecule is c1ccc(C2C3CCCC32c2ccccc2)cc1. The summed E-state index contributed by atoms with van der Waals surface area (Å²) in [6.45, 7) is 0. The molecule has 0 bridgehead atoms. The molecule has 0 aliphatic heterocycles. The lowest BCUT2D eigenvalue weighted by Gasteiger charge is -2.16. The van der Waals surface area contributed by atoms with Gasteiger partial charge in [-0.1, -0.05) is 67.1 Å². The lowest BCUT2D eigenvalue weighted by molar-refractivity contribution is 0.622. The van der Waals surface area contributed by atoms with Crippen LogP contribution in [0.5, 0.6) is 0 Å². The van der Waals surface area contributed by atoms with Crippen molar-refractivity contribution in [3.8, 4) is 0 Å². The van der Waals surface area contributed by atoms with Gasteiger partial charge in [0.15, 0.2) is 0 Å². The van der Waals surface area contributed by atoms with Crippen LogP contribution in [-0.2, 0) is 5.41 Å². The Morgan fingerprint density at radius 1 is 0.833 bits per heavy atom. The molecule has 0 radical (unpaired) electrons. The Bertz CT molecular complexity index is 543. The average molecular weight is 234 g/mol. The van der Waals surface area contributed by atoms with Gasteiger partial charge in [-0.3, -0.25) is 0 Å². The van der Waals surface area contributed by atoms with Crippen molar-refractivity contribution < 1.29 is 0 Å². The molecule has 2 aromatic rings. The molecule has 2 aromatic carbocycles. The van der Waals surface area contributed by atoms with E-state index in [1.54, 1.807) is 11.1 Å². The van der Waals surface area contributed by atoms with Crippen molar-refractivity contribution in [3.05, 3.63) is 71.8 Å². The standard InChI is InChI=1S/C18H18/c1-3-8-14(9-4-1)17-16-12-7-13-18(16,17)15-10-5-2-6-11-15/h1-6,8-11,16-17H,7,12-13H2. The monoisotopic (exact) mass is 234 g/mol. The zero-order valence-electron chi connectivity index (χ0n) is 10.5. The minimum Gasteiger partial charge on any atom is -0.0622 e. The molecule has 2 fully saturated rings. The van der Waals surface area contributed by atoms with E-state index in [4.69, 9.17) is 0 Å². The number of hydrogen-bond acceptors (Lipinski definition) is 0. The van der Waals surface area contributed by atoms with E-state index in [1.165, 1.54) is 19.3 Å². The fraction of sp³-hybridized carbons (Fsp3) is 0.333. The molecular weight excluding hydrogens is 216 g/mol. The Kier molecular flexibility index (Phi) is 2.14. The molecule has 2 saturated carbocycles. The van der Waals surface area contributed by atoms with Gasteiger partial charge in [-0.2, -0.15) is 0 Å². The normalized spacial score (nSPS) is 33.1. The summed E-state index contributed by atoms with van der Waals surface area (Å²) < 4.78 is 0. The van der Waals surface area contributed by atoms with Gasteiger partial charge in [0.25, 0.3) is 0 Å². The summed E-state index contributed by atoms with van der Waals surface area (Å²) in [6, 6.07) is 22.3. The van der Waals surface area contributed by atoms with Crippen LogP contribution >= 0.6 is 0 Å². The molecule has 0 heterocycles. The number of fused-ring (bicyclic) bond motifs is 1. The molecule has 0 N–H and O–H groups in total. The molecule has 18 heavy (non-hydrogen) atoms. The Labute approximate surface area is 109 Å². The number of benzene rings is 2. The fourth-order valence-corrected chi connectivity index (χ4v) is 4.37. The highest BCUT2D eigenvalue weighted by Crippen LogP contribution is 2.73. The van der Waals surface area contributed by atoms with Gasteiger partial charge in [0, 0.05) is 5.41 Å². The molecular formula is C18H18. The molecule has 90 valence electrons. The zero-order chi connectivity index (χ0) is 12.0. The van der Waals surface area contributed by atoms with Gasteiger partial charge < -0.3 is 0 Å². The first-order valence-electron chi connectivity index (χ1n) is 7.03. The lowest BCUT2D eigenvalue weighted by Crippen LogP contribution is -2.08. The molecule has 4 rings (SSSR count). The van der Waals surface area contributed by atoms with Crippen molar-refractivity contribution in [2.24, 2.45) is 5.92 Å². The van der Waals surface area contributed by atoms with Crippen LogP contribution in [0, 0.1) is 5.92 Å². The minimum absolute atomic E-state index is 0.475. The van der Waals surface area contributed by atoms with Crippen LogP contribution < -0.4 is 0 Å². The van der Waals surface area contributed by atoms with Crippen LogP contribution in [0.25, 0.3) is 0 Å². The van der Waals surface area contributed by atoms with Crippen molar-refractivity contribution in [1.82, 2.24) is 0 Å². The highest BCUT2D eigenvalue weighted by Gasteiger charge is 2.67. The number of rotatable bonds is 2. The second-order valence-electron chi connectivity index (χ2n) is 5.79. The van der Waals surface area contributed by atoms with Crippen LogP contribution in [0.2, 0.25) is 0 Å². The Hall–Kier alpha value is -1.56. The Morgan fingerprint density at radius 2 is 1.50 bits per heavy atom. The van der Waals surface area contributed by atoms with E-state index in [1.807, 2.05) is 0 Å². The van der Waals surface area contributed by atoms with E-state index in [0.717, 1.165) is 11.8 Å². The molecule has 0 amide bonds. The lowest BCUT2D eigenvalue weighted by atomic mass is 9.88. The molecule has 2 aliphatic carbocycles. The van der Waals surface area contributed by atoms with Gasteiger partial charge in [-0.15, -0.1) is 0 Å². The summed E-state index contributed by atoms with van der Waals surface area (Å²) in [4.78, 5) is 0. The first-order chi connectivity index (χ1) is 8.93. The van der Waals surface area contributed by atoms with E-state index in [-0.39, 0.29) is 0 Å². The van der Waals surface area contributed by atoms with Crippen molar-refractivity contribution in [2.45, 2.75) is 30.6 Å². The smallest absolute Gasteiger partial charge is 0.00589 e. The Morgan fingerprint density at radius 3 is 2.22 bits per heavy atom. The van der Waals surface area contributed by atoms with Crippen LogP contribution in [0.3, 0.4) is 0 Å². The third-order valence-electron chi connectivity index (χ3n) is 5.09. The summed E-state index contributed by atoms with van der Waals surface area (Å²) in [5, 5.41) is 0. The molecule has 0 nitrogen and oxygen atoms in total. The van der Waals surface area contributed by atoms with E-state index in [0.29, 0.717) is 5.41 Å². The van der Waals surface area contributed by atoms with Gasteiger partial charge >= 0.3 is 0 Å². The maximum Gasteiger partial charge on any atom is 0.00589 e. The van der Waals surface area contributed by atoms with Gasteiger partial charge in [0.05, 0.1) is 0 Å². The molecule has 0 aromatic heterocycles. The summed E-state index contributed by atoms with van der Waals surface area (Å²) in [6.07, 6.45) is 4.19. The molecule has 0 spiro atoms. The summed E-state index contributed by atoms with van der Waals surface area (Å²) in [5.74, 6) is 1.66. The molecule has 0 heteroatoms. The molecule has 3 atom stereocenters. The van der Waals surface area contributed by atoms with Gasteiger partial charge in [0.1, 0.15) is 0 Å². The fourth-order valence-electron chi connectivity index (χ4n) is 4.37. The maximum atomic E-state index is 2.33. The van der Waals surface area contributed by atoms with E-state index in [9.17, 15) is 0 Å². The minimum atomic E-state index is 0.475. The largest absolute Gasteiger partial charge is 0.0622 e. The Balaban J connectivity index is 1.77. The van der Waals surface area contributed by atoms with Crippen molar-refractivity contribution in [2.75, 3.05) is 0 Å². The zero-order valence-corrected chi connectivity index (χ0v) is 10.5. The first kappa shape index (κ1) is 10.4. The molecule has 2 aliphatic rings. The van der Waals surface area contributed by atoms with Crippen LogP contribution in [0.4, 0.5) is 0 Å². The first-order valence-corrected chi connectivity index (χ1v) is 7.03. The predicted octanol–water partition coefficient (Wildman–Crippen LogP) is 4.52. The maximum absolute atomic E-state index is 2.33. The highest BCUT2D eigenvalue weighted by molar-refractivity contribution is 5.47. The predicted molar refractivity (Wildman–Crippen MR) is 74.6 cm³/mol. The summed E-state index contributed by atoms with van der Waals surface area (Å²) in [5.41, 5.74) is 3.59. The van der Waals surface area contributed by atoms with E-state index < -0.39 is 0 Å². The van der Waals surface area contributed by atoms with Crippen LogP contribution in [0.15, 0.2) is 60.7 Å². The molecule has 0 saturated heterocycles. The van der Waals surface area contributed by atoms with Crippen molar-refractivity contribution >= 4 is 0 Å². The summed E-state index contributed by atoms with van der Waals surface area (Å²) in [7, 11) is 0. The quantitative estimate of drug-likeness (QED) is 0.716. The topological polar surface area (TPSA) is 0 Å².